The van der Waals surface area contributed by atoms with Crippen molar-refractivity contribution >= 4 is 21.6 Å². The average Bonchev–Trinajstić information content (AvgIpc) is 2.55. The van der Waals surface area contributed by atoms with E-state index in [1.165, 1.54) is 14.0 Å². The van der Waals surface area contributed by atoms with Crippen molar-refractivity contribution in [1.29, 1.82) is 0 Å². The van der Waals surface area contributed by atoms with Crippen LogP contribution in [-0.2, 0) is 14.8 Å². The van der Waals surface area contributed by atoms with E-state index in [9.17, 15) is 17.6 Å². The fourth-order valence-electron chi connectivity index (χ4n) is 2.13. The number of carbonyl (C=O) groups excluding carboxylic acids is 1. The third-order valence-electron chi connectivity index (χ3n) is 3.46. The lowest BCUT2D eigenvalue weighted by Crippen LogP contribution is -2.41. The van der Waals surface area contributed by atoms with Crippen LogP contribution in [0.3, 0.4) is 0 Å². The summed E-state index contributed by atoms with van der Waals surface area (Å²) in [5, 5.41) is 2.63. The molecule has 2 rings (SSSR count). The Hall–Kier alpha value is -2.45. The highest BCUT2D eigenvalue weighted by atomic mass is 32.2. The normalized spacial score (nSPS) is 12.5. The van der Waals surface area contributed by atoms with E-state index >= 15 is 0 Å². The second-order valence-electron chi connectivity index (χ2n) is 5.49. The van der Waals surface area contributed by atoms with Crippen LogP contribution < -0.4 is 14.8 Å². The van der Waals surface area contributed by atoms with Crippen LogP contribution in [0, 0.1) is 12.7 Å². The Morgan fingerprint density at radius 3 is 2.40 bits per heavy atom. The summed E-state index contributed by atoms with van der Waals surface area (Å²) in [7, 11) is -2.47. The maximum absolute atomic E-state index is 12.9. The largest absolute Gasteiger partial charge is 0.495 e. The van der Waals surface area contributed by atoms with Gasteiger partial charge in [0.2, 0.25) is 15.9 Å². The zero-order valence-electron chi connectivity index (χ0n) is 14.0. The molecule has 0 aliphatic carbocycles. The number of ether oxygens (including phenoxy) is 1. The first kappa shape index (κ1) is 18.9. The summed E-state index contributed by atoms with van der Waals surface area (Å²) >= 11 is 0. The zero-order chi connectivity index (χ0) is 18.6. The van der Waals surface area contributed by atoms with E-state index in [1.54, 1.807) is 12.1 Å². The molecule has 0 saturated heterocycles. The quantitative estimate of drug-likeness (QED) is 0.822. The van der Waals surface area contributed by atoms with Gasteiger partial charge in [-0.25, -0.2) is 12.8 Å². The number of hydrogen-bond acceptors (Lipinski definition) is 4. The SMILES string of the molecule is COc1ccc(C)cc1NC(=O)[C@@H](C)NS(=O)(=O)c1ccc(F)cc1. The van der Waals surface area contributed by atoms with E-state index in [0.717, 1.165) is 29.8 Å². The van der Waals surface area contributed by atoms with Gasteiger partial charge in [-0.3, -0.25) is 4.79 Å². The lowest BCUT2D eigenvalue weighted by molar-refractivity contribution is -0.117. The van der Waals surface area contributed by atoms with Gasteiger partial charge in [0.1, 0.15) is 11.6 Å². The highest BCUT2D eigenvalue weighted by molar-refractivity contribution is 7.89. The number of hydrogen-bond donors (Lipinski definition) is 2. The molecule has 2 N–H and O–H groups in total. The van der Waals surface area contributed by atoms with Gasteiger partial charge in [0, 0.05) is 0 Å². The number of aryl methyl sites for hydroxylation is 1. The number of nitrogens with one attached hydrogen (secondary N) is 2. The molecule has 25 heavy (non-hydrogen) atoms. The van der Waals surface area contributed by atoms with Crippen LogP contribution in [0.25, 0.3) is 0 Å². The Kier molecular flexibility index (Phi) is 5.76. The molecule has 134 valence electrons. The summed E-state index contributed by atoms with van der Waals surface area (Å²) in [6.45, 7) is 3.27. The molecule has 0 aromatic heterocycles. The van der Waals surface area contributed by atoms with Gasteiger partial charge >= 0.3 is 0 Å². The average molecular weight is 366 g/mol. The maximum atomic E-state index is 12.9. The van der Waals surface area contributed by atoms with E-state index in [4.69, 9.17) is 4.74 Å². The fraction of sp³-hybridized carbons (Fsp3) is 0.235. The summed E-state index contributed by atoms with van der Waals surface area (Å²) in [4.78, 5) is 12.2. The van der Waals surface area contributed by atoms with Crippen LogP contribution in [0.15, 0.2) is 47.4 Å². The van der Waals surface area contributed by atoms with Crippen LogP contribution in [0.2, 0.25) is 0 Å². The van der Waals surface area contributed by atoms with Crippen LogP contribution in [0.4, 0.5) is 10.1 Å². The second-order valence-corrected chi connectivity index (χ2v) is 7.20. The Balaban J connectivity index is 2.12. The van der Waals surface area contributed by atoms with Crippen molar-refractivity contribution in [3.05, 3.63) is 53.8 Å². The number of benzene rings is 2. The molecular formula is C17H19FN2O4S. The number of anilines is 1. The molecule has 0 radical (unpaired) electrons. The topological polar surface area (TPSA) is 84.5 Å². The Morgan fingerprint density at radius 2 is 1.80 bits per heavy atom. The standard InChI is InChI=1S/C17H19FN2O4S/c1-11-4-9-16(24-3)15(10-11)19-17(21)12(2)20-25(22,23)14-7-5-13(18)6-8-14/h4-10,12,20H,1-3H3,(H,19,21)/t12-/m1/s1. The van der Waals surface area contributed by atoms with Crippen molar-refractivity contribution in [3.63, 3.8) is 0 Å². The first-order chi connectivity index (χ1) is 11.7. The molecule has 1 atom stereocenters. The molecule has 2 aromatic carbocycles. The van der Waals surface area contributed by atoms with E-state index in [0.29, 0.717) is 11.4 Å². The Bertz CT molecular complexity index is 867. The minimum Gasteiger partial charge on any atom is -0.495 e. The molecule has 0 spiro atoms. The van der Waals surface area contributed by atoms with E-state index in [-0.39, 0.29) is 4.90 Å². The summed E-state index contributed by atoms with van der Waals surface area (Å²) in [6, 6.07) is 8.55. The first-order valence-corrected chi connectivity index (χ1v) is 8.94. The van der Waals surface area contributed by atoms with Gasteiger partial charge in [0.05, 0.1) is 23.7 Å². The number of halogens is 1. The van der Waals surface area contributed by atoms with Crippen molar-refractivity contribution in [3.8, 4) is 5.75 Å². The second kappa shape index (κ2) is 7.62. The Morgan fingerprint density at radius 1 is 1.16 bits per heavy atom. The predicted molar refractivity (Wildman–Crippen MR) is 92.5 cm³/mol. The monoisotopic (exact) mass is 366 g/mol. The van der Waals surface area contributed by atoms with E-state index in [1.807, 2.05) is 13.0 Å². The highest BCUT2D eigenvalue weighted by Gasteiger charge is 2.22. The number of sulfonamides is 1. The molecule has 0 bridgehead atoms. The molecule has 8 heteroatoms. The molecule has 0 unspecified atom stereocenters. The van der Waals surface area contributed by atoms with Crippen molar-refractivity contribution in [2.45, 2.75) is 24.8 Å². The third kappa shape index (κ3) is 4.77. The zero-order valence-corrected chi connectivity index (χ0v) is 14.9. The Labute approximate surface area is 146 Å². The minimum atomic E-state index is -3.95. The molecule has 6 nitrogen and oxygen atoms in total. The number of carbonyl (C=O) groups is 1. The molecule has 0 aliphatic rings. The van der Waals surface area contributed by atoms with Crippen molar-refractivity contribution < 1.29 is 22.3 Å². The fourth-order valence-corrected chi connectivity index (χ4v) is 3.33. The van der Waals surface area contributed by atoms with Gasteiger partial charge in [-0.05, 0) is 55.8 Å². The van der Waals surface area contributed by atoms with Gasteiger partial charge in [-0.2, -0.15) is 4.72 Å². The van der Waals surface area contributed by atoms with Crippen LogP contribution in [-0.4, -0.2) is 27.5 Å². The summed E-state index contributed by atoms with van der Waals surface area (Å²) < 4.78 is 44.9. The van der Waals surface area contributed by atoms with Gasteiger partial charge in [-0.1, -0.05) is 6.07 Å². The molecule has 0 fully saturated rings. The van der Waals surface area contributed by atoms with Gasteiger partial charge < -0.3 is 10.1 Å². The van der Waals surface area contributed by atoms with Gasteiger partial charge in [0.25, 0.3) is 0 Å². The van der Waals surface area contributed by atoms with Crippen molar-refractivity contribution in [1.82, 2.24) is 4.72 Å². The van der Waals surface area contributed by atoms with Gasteiger partial charge in [-0.15, -0.1) is 0 Å². The first-order valence-electron chi connectivity index (χ1n) is 7.46. The predicted octanol–water partition coefficient (Wildman–Crippen LogP) is 2.45. The smallest absolute Gasteiger partial charge is 0.242 e. The molecule has 0 saturated carbocycles. The van der Waals surface area contributed by atoms with Gasteiger partial charge in [0.15, 0.2) is 0 Å². The lowest BCUT2D eigenvalue weighted by Gasteiger charge is -2.16. The lowest BCUT2D eigenvalue weighted by atomic mass is 10.2. The summed E-state index contributed by atoms with van der Waals surface area (Å²) in [5.41, 5.74) is 1.36. The van der Waals surface area contributed by atoms with Crippen LogP contribution in [0.5, 0.6) is 5.75 Å². The highest BCUT2D eigenvalue weighted by Crippen LogP contribution is 2.25. The maximum Gasteiger partial charge on any atom is 0.242 e. The van der Waals surface area contributed by atoms with E-state index in [2.05, 4.69) is 10.0 Å². The molecule has 1 amide bonds. The summed E-state index contributed by atoms with van der Waals surface area (Å²) in [6.07, 6.45) is 0. The van der Waals surface area contributed by atoms with Crippen molar-refractivity contribution in [2.24, 2.45) is 0 Å². The molecular weight excluding hydrogens is 347 g/mol. The summed E-state index contributed by atoms with van der Waals surface area (Å²) in [5.74, 6) is -0.626. The van der Waals surface area contributed by atoms with E-state index < -0.39 is 27.8 Å². The van der Waals surface area contributed by atoms with Crippen molar-refractivity contribution in [2.75, 3.05) is 12.4 Å². The number of amides is 1. The third-order valence-corrected chi connectivity index (χ3v) is 5.02. The minimum absolute atomic E-state index is 0.123. The van der Waals surface area contributed by atoms with Crippen LogP contribution >= 0.6 is 0 Å². The van der Waals surface area contributed by atoms with Crippen LogP contribution in [0.1, 0.15) is 12.5 Å². The molecule has 2 aromatic rings. The number of methoxy groups -OCH3 is 1. The number of rotatable bonds is 6. The molecule has 0 aliphatic heterocycles. The molecule has 0 heterocycles.